The Morgan fingerprint density at radius 2 is 2.04 bits per heavy atom. The van der Waals surface area contributed by atoms with E-state index in [9.17, 15) is 9.59 Å². The number of nitrogen functional groups attached to an aromatic ring is 1. The average molecular weight is 370 g/mol. The van der Waals surface area contributed by atoms with E-state index in [0.717, 1.165) is 5.39 Å². The van der Waals surface area contributed by atoms with E-state index in [1.165, 1.54) is 0 Å². The van der Waals surface area contributed by atoms with Gasteiger partial charge in [-0.15, -0.1) is 0 Å². The summed E-state index contributed by atoms with van der Waals surface area (Å²) in [5.74, 6) is -0.924. The third kappa shape index (κ3) is 2.82. The predicted molar refractivity (Wildman–Crippen MR) is 98.2 cm³/mol. The summed E-state index contributed by atoms with van der Waals surface area (Å²) in [6.07, 6.45) is 0. The molecule has 0 aliphatic rings. The minimum Gasteiger partial charge on any atom is -0.397 e. The highest BCUT2D eigenvalue weighted by atomic mass is 35.5. The van der Waals surface area contributed by atoms with E-state index in [0.29, 0.717) is 33.2 Å². The predicted octanol–water partition coefficient (Wildman–Crippen LogP) is 3.00. The number of aromatic nitrogens is 3. The lowest BCUT2D eigenvalue weighted by Gasteiger charge is -2.08. The summed E-state index contributed by atoms with van der Waals surface area (Å²) in [7, 11) is 0. The summed E-state index contributed by atoms with van der Waals surface area (Å²) >= 11 is 6.01. The maximum absolute atomic E-state index is 12.6. The Bertz CT molecular complexity index is 1190. The van der Waals surface area contributed by atoms with E-state index in [2.05, 4.69) is 25.0 Å². The van der Waals surface area contributed by atoms with Gasteiger partial charge >= 0.3 is 5.76 Å². The molecule has 4 rings (SSSR count). The lowest BCUT2D eigenvalue weighted by atomic mass is 10.1. The molecule has 26 heavy (non-hydrogen) atoms. The Balaban J connectivity index is 1.71. The van der Waals surface area contributed by atoms with Crippen molar-refractivity contribution in [2.75, 3.05) is 11.1 Å². The number of halogens is 1. The number of nitrogens with two attached hydrogens (primary N) is 1. The molecule has 2 aromatic heterocycles. The second-order valence-corrected chi connectivity index (χ2v) is 6.02. The molecule has 0 bridgehead atoms. The minimum atomic E-state index is -0.705. The summed E-state index contributed by atoms with van der Waals surface area (Å²) in [4.78, 5) is 29.3. The first kappa shape index (κ1) is 16.0. The Morgan fingerprint density at radius 1 is 1.19 bits per heavy atom. The number of anilines is 2. The van der Waals surface area contributed by atoms with Crippen LogP contribution < -0.4 is 16.8 Å². The Kier molecular flexibility index (Phi) is 3.74. The fourth-order valence-electron chi connectivity index (χ4n) is 2.66. The van der Waals surface area contributed by atoms with Crippen LogP contribution in [-0.4, -0.2) is 21.0 Å². The number of para-hydroxylation sites is 1. The number of benzene rings is 2. The molecule has 130 valence electrons. The number of nitrogens with zero attached hydrogens (tertiary/aromatic N) is 1. The number of hydrogen-bond acceptors (Lipinski definition) is 5. The molecule has 0 fully saturated rings. The normalized spacial score (nSPS) is 11.0. The maximum Gasteiger partial charge on any atom is 0.439 e. The highest BCUT2D eigenvalue weighted by Gasteiger charge is 2.16. The lowest BCUT2D eigenvalue weighted by Crippen LogP contribution is -2.13. The number of hydrogen-bond donors (Lipinski definition) is 4. The zero-order valence-electron chi connectivity index (χ0n) is 13.2. The molecule has 0 saturated heterocycles. The van der Waals surface area contributed by atoms with Crippen LogP contribution >= 0.6 is 11.6 Å². The van der Waals surface area contributed by atoms with Gasteiger partial charge in [0.25, 0.3) is 5.91 Å². The van der Waals surface area contributed by atoms with E-state index >= 15 is 0 Å². The van der Waals surface area contributed by atoms with E-state index in [1.54, 1.807) is 30.3 Å². The van der Waals surface area contributed by atoms with Crippen LogP contribution in [0.4, 0.5) is 11.4 Å². The fraction of sp³-hybridized carbons (Fsp3) is 0. The van der Waals surface area contributed by atoms with Gasteiger partial charge < -0.3 is 16.0 Å². The van der Waals surface area contributed by atoms with Gasteiger partial charge in [-0.2, -0.15) is 0 Å². The van der Waals surface area contributed by atoms with Gasteiger partial charge in [0.1, 0.15) is 5.69 Å². The number of carbonyl (C=O) groups is 1. The molecule has 0 spiro atoms. The standard InChI is InChI=1S/C17H12ClN5O3/c18-9-4-5-12(10(7-9)15-22-17(25)26-23-15)21-16(24)13-6-8-2-1-3-11(19)14(8)20-13/h1-7,20H,19H2,(H,21,24)(H,22,23,25). The van der Waals surface area contributed by atoms with Crippen molar-refractivity contribution in [3.05, 3.63) is 63.7 Å². The number of carbonyl (C=O) groups excluding carboxylic acids is 1. The van der Waals surface area contributed by atoms with Crippen LogP contribution in [0.25, 0.3) is 22.3 Å². The first-order valence-electron chi connectivity index (χ1n) is 7.56. The van der Waals surface area contributed by atoms with E-state index in [-0.39, 0.29) is 11.7 Å². The first-order chi connectivity index (χ1) is 12.5. The van der Waals surface area contributed by atoms with Crippen molar-refractivity contribution in [1.29, 1.82) is 0 Å². The van der Waals surface area contributed by atoms with Gasteiger partial charge in [0.2, 0.25) is 0 Å². The van der Waals surface area contributed by atoms with Crippen molar-refractivity contribution in [2.45, 2.75) is 0 Å². The highest BCUT2D eigenvalue weighted by Crippen LogP contribution is 2.29. The molecule has 2 aromatic carbocycles. The van der Waals surface area contributed by atoms with Crippen molar-refractivity contribution in [1.82, 2.24) is 15.1 Å². The van der Waals surface area contributed by atoms with Crippen LogP contribution in [0.1, 0.15) is 10.5 Å². The van der Waals surface area contributed by atoms with Crippen LogP contribution in [-0.2, 0) is 0 Å². The zero-order valence-corrected chi connectivity index (χ0v) is 13.9. The Labute approximate surface area is 151 Å². The Morgan fingerprint density at radius 3 is 2.77 bits per heavy atom. The molecular formula is C17H12ClN5O3. The third-order valence-corrected chi connectivity index (χ3v) is 4.09. The van der Waals surface area contributed by atoms with E-state index in [1.807, 2.05) is 12.1 Å². The van der Waals surface area contributed by atoms with E-state index in [4.69, 9.17) is 17.3 Å². The molecule has 0 saturated carbocycles. The molecule has 0 aliphatic carbocycles. The van der Waals surface area contributed by atoms with Gasteiger partial charge in [0.05, 0.1) is 16.9 Å². The van der Waals surface area contributed by atoms with Crippen LogP contribution in [0.2, 0.25) is 5.02 Å². The minimum absolute atomic E-state index is 0.161. The van der Waals surface area contributed by atoms with Gasteiger partial charge in [-0.25, -0.2) is 4.79 Å². The van der Waals surface area contributed by atoms with Crippen LogP contribution in [0.5, 0.6) is 0 Å². The highest BCUT2D eigenvalue weighted by molar-refractivity contribution is 6.31. The number of H-pyrrole nitrogens is 2. The number of fused-ring (bicyclic) bond motifs is 1. The summed E-state index contributed by atoms with van der Waals surface area (Å²) in [5, 5.41) is 7.65. The molecule has 9 heteroatoms. The number of amides is 1. The maximum atomic E-state index is 12.6. The summed E-state index contributed by atoms with van der Waals surface area (Å²) in [6.45, 7) is 0. The summed E-state index contributed by atoms with van der Waals surface area (Å²) in [5.41, 5.74) is 8.33. The SMILES string of the molecule is Nc1cccc2cc(C(=O)Nc3ccc(Cl)cc3-c3noc(=O)[nH]3)[nH]c12. The van der Waals surface area contributed by atoms with Crippen molar-refractivity contribution in [3.8, 4) is 11.4 Å². The molecule has 5 N–H and O–H groups in total. The Hall–Kier alpha value is -3.52. The van der Waals surface area contributed by atoms with Gasteiger partial charge in [-0.3, -0.25) is 14.3 Å². The van der Waals surface area contributed by atoms with Gasteiger partial charge in [0.15, 0.2) is 5.82 Å². The quantitative estimate of drug-likeness (QED) is 0.412. The molecule has 8 nitrogen and oxygen atoms in total. The van der Waals surface area contributed by atoms with Crippen molar-refractivity contribution in [3.63, 3.8) is 0 Å². The van der Waals surface area contributed by atoms with Gasteiger partial charge in [-0.1, -0.05) is 28.9 Å². The zero-order chi connectivity index (χ0) is 18.3. The summed E-state index contributed by atoms with van der Waals surface area (Å²) in [6, 6.07) is 11.9. The topological polar surface area (TPSA) is 130 Å². The number of nitrogens with one attached hydrogen (secondary N) is 3. The van der Waals surface area contributed by atoms with Crippen molar-refractivity contribution < 1.29 is 9.32 Å². The van der Waals surface area contributed by atoms with Gasteiger partial charge in [-0.05, 0) is 30.3 Å². The average Bonchev–Trinajstić information content (AvgIpc) is 3.23. The molecule has 1 amide bonds. The second kappa shape index (κ2) is 6.08. The van der Waals surface area contributed by atoms with Gasteiger partial charge in [0, 0.05) is 16.0 Å². The molecule has 4 aromatic rings. The van der Waals surface area contributed by atoms with Crippen LogP contribution in [0.3, 0.4) is 0 Å². The first-order valence-corrected chi connectivity index (χ1v) is 7.93. The second-order valence-electron chi connectivity index (χ2n) is 5.58. The van der Waals surface area contributed by atoms with Crippen molar-refractivity contribution in [2.24, 2.45) is 0 Å². The molecule has 0 atom stereocenters. The molecule has 0 radical (unpaired) electrons. The lowest BCUT2D eigenvalue weighted by molar-refractivity contribution is 0.102. The molecular weight excluding hydrogens is 358 g/mol. The summed E-state index contributed by atoms with van der Waals surface area (Å²) < 4.78 is 4.52. The molecule has 0 aliphatic heterocycles. The van der Waals surface area contributed by atoms with Crippen molar-refractivity contribution >= 4 is 39.8 Å². The number of aromatic amines is 2. The van der Waals surface area contributed by atoms with Crippen LogP contribution in [0.15, 0.2) is 51.8 Å². The molecule has 0 unspecified atom stereocenters. The van der Waals surface area contributed by atoms with Crippen LogP contribution in [0, 0.1) is 0 Å². The number of rotatable bonds is 3. The smallest absolute Gasteiger partial charge is 0.397 e. The largest absolute Gasteiger partial charge is 0.439 e. The monoisotopic (exact) mass is 369 g/mol. The third-order valence-electron chi connectivity index (χ3n) is 3.86. The van der Waals surface area contributed by atoms with E-state index < -0.39 is 5.76 Å². The fourth-order valence-corrected chi connectivity index (χ4v) is 2.83. The molecule has 2 heterocycles.